The molecule has 31 heavy (non-hydrogen) atoms. The maximum Gasteiger partial charge on any atom is 0.258 e. The van der Waals surface area contributed by atoms with Crippen molar-refractivity contribution >= 4 is 16.8 Å². The minimum atomic E-state index is -0.227. The molecule has 2 aromatic carbocycles. The van der Waals surface area contributed by atoms with Crippen LogP contribution in [-0.4, -0.2) is 52.5 Å². The third kappa shape index (κ3) is 4.50. The monoisotopic (exact) mass is 425 g/mol. The third-order valence-electron chi connectivity index (χ3n) is 5.29. The fourth-order valence-electron chi connectivity index (χ4n) is 3.65. The highest BCUT2D eigenvalue weighted by Crippen LogP contribution is 2.32. The highest BCUT2D eigenvalue weighted by atomic mass is 16.5. The Balaban J connectivity index is 1.53. The van der Waals surface area contributed by atoms with Crippen molar-refractivity contribution in [3.63, 3.8) is 0 Å². The van der Waals surface area contributed by atoms with Crippen molar-refractivity contribution in [1.29, 1.82) is 0 Å². The molecule has 2 heterocycles. The smallest absolute Gasteiger partial charge is 0.258 e. The SMILES string of the molecule is COCCOc1ccc2c(c1)CN(C(=O)c1cc3c(COC(C)C)[nH]nc3cc1O)C2. The molecule has 0 spiro atoms. The van der Waals surface area contributed by atoms with Gasteiger partial charge in [-0.05, 0) is 43.2 Å². The summed E-state index contributed by atoms with van der Waals surface area (Å²) in [4.78, 5) is 14.9. The van der Waals surface area contributed by atoms with E-state index in [1.54, 1.807) is 18.1 Å². The number of amides is 1. The zero-order valence-corrected chi connectivity index (χ0v) is 18.0. The van der Waals surface area contributed by atoms with Gasteiger partial charge < -0.3 is 24.2 Å². The van der Waals surface area contributed by atoms with E-state index in [2.05, 4.69) is 10.2 Å². The fraction of sp³-hybridized carbons (Fsp3) is 0.391. The molecule has 164 valence electrons. The van der Waals surface area contributed by atoms with Crippen LogP contribution < -0.4 is 4.74 Å². The van der Waals surface area contributed by atoms with Gasteiger partial charge in [0.1, 0.15) is 18.1 Å². The van der Waals surface area contributed by atoms with Gasteiger partial charge in [0.25, 0.3) is 5.91 Å². The number of carbonyl (C=O) groups excluding carboxylic acids is 1. The van der Waals surface area contributed by atoms with Gasteiger partial charge in [0.15, 0.2) is 0 Å². The highest BCUT2D eigenvalue weighted by Gasteiger charge is 2.27. The second kappa shape index (κ2) is 8.95. The molecule has 1 amide bonds. The second-order valence-corrected chi connectivity index (χ2v) is 7.88. The summed E-state index contributed by atoms with van der Waals surface area (Å²) in [7, 11) is 1.63. The topological polar surface area (TPSA) is 96.9 Å². The Morgan fingerprint density at radius 3 is 2.77 bits per heavy atom. The summed E-state index contributed by atoms with van der Waals surface area (Å²) in [5, 5.41) is 18.4. The van der Waals surface area contributed by atoms with Crippen molar-refractivity contribution in [3.05, 3.63) is 52.7 Å². The molecule has 0 fully saturated rings. The van der Waals surface area contributed by atoms with Crippen LogP contribution in [0, 0.1) is 0 Å². The summed E-state index contributed by atoms with van der Waals surface area (Å²) < 4.78 is 16.3. The summed E-state index contributed by atoms with van der Waals surface area (Å²) in [6.07, 6.45) is 0.0723. The number of rotatable bonds is 8. The maximum atomic E-state index is 13.2. The van der Waals surface area contributed by atoms with Crippen molar-refractivity contribution in [1.82, 2.24) is 15.1 Å². The predicted octanol–water partition coefficient (Wildman–Crippen LogP) is 3.37. The number of aromatic amines is 1. The first-order valence-electron chi connectivity index (χ1n) is 10.3. The van der Waals surface area contributed by atoms with Gasteiger partial charge in [-0.25, -0.2) is 0 Å². The average Bonchev–Trinajstić information content (AvgIpc) is 3.34. The Morgan fingerprint density at radius 1 is 1.19 bits per heavy atom. The van der Waals surface area contributed by atoms with Crippen molar-refractivity contribution in [2.75, 3.05) is 20.3 Å². The van der Waals surface area contributed by atoms with Crippen LogP contribution in [-0.2, 0) is 29.2 Å². The summed E-state index contributed by atoms with van der Waals surface area (Å²) >= 11 is 0. The number of H-pyrrole nitrogens is 1. The van der Waals surface area contributed by atoms with Gasteiger partial charge in [0, 0.05) is 31.7 Å². The number of benzene rings is 2. The molecule has 0 atom stereocenters. The Kier molecular flexibility index (Phi) is 6.11. The highest BCUT2D eigenvalue weighted by molar-refractivity contribution is 6.01. The van der Waals surface area contributed by atoms with Crippen LogP contribution in [0.25, 0.3) is 10.9 Å². The molecule has 0 unspecified atom stereocenters. The van der Waals surface area contributed by atoms with Crippen molar-refractivity contribution in [2.45, 2.75) is 39.6 Å². The molecular weight excluding hydrogens is 398 g/mol. The van der Waals surface area contributed by atoms with E-state index >= 15 is 0 Å². The summed E-state index contributed by atoms with van der Waals surface area (Å²) in [6.45, 7) is 6.20. The molecule has 2 N–H and O–H groups in total. The Hall–Kier alpha value is -3.10. The zero-order chi connectivity index (χ0) is 22.0. The quantitative estimate of drug-likeness (QED) is 0.537. The lowest BCUT2D eigenvalue weighted by molar-refractivity contribution is 0.0642. The minimum Gasteiger partial charge on any atom is -0.507 e. The van der Waals surface area contributed by atoms with E-state index in [0.29, 0.717) is 38.4 Å². The molecular formula is C23H27N3O5. The van der Waals surface area contributed by atoms with Gasteiger partial charge >= 0.3 is 0 Å². The molecule has 8 nitrogen and oxygen atoms in total. The number of carbonyl (C=O) groups is 1. The van der Waals surface area contributed by atoms with Gasteiger partial charge in [-0.2, -0.15) is 5.10 Å². The molecule has 0 aliphatic carbocycles. The van der Waals surface area contributed by atoms with Gasteiger partial charge in [-0.1, -0.05) is 6.07 Å². The lowest BCUT2D eigenvalue weighted by atomic mass is 10.1. The van der Waals surface area contributed by atoms with Crippen LogP contribution in [0.5, 0.6) is 11.5 Å². The molecule has 1 aliphatic heterocycles. The minimum absolute atomic E-state index is 0.0723. The summed E-state index contributed by atoms with van der Waals surface area (Å²) in [5.41, 5.74) is 3.74. The first-order chi connectivity index (χ1) is 15.0. The van der Waals surface area contributed by atoms with Crippen LogP contribution in [0.15, 0.2) is 30.3 Å². The van der Waals surface area contributed by atoms with Crippen LogP contribution >= 0.6 is 0 Å². The van der Waals surface area contributed by atoms with Gasteiger partial charge in [-0.15, -0.1) is 0 Å². The fourth-order valence-corrected chi connectivity index (χ4v) is 3.65. The molecule has 0 radical (unpaired) electrons. The number of aromatic hydroxyl groups is 1. The third-order valence-corrected chi connectivity index (χ3v) is 5.29. The number of phenolic OH excluding ortho intramolecular Hbond substituents is 1. The number of phenols is 1. The Morgan fingerprint density at radius 2 is 2.00 bits per heavy atom. The molecule has 0 bridgehead atoms. The lowest BCUT2D eigenvalue weighted by Crippen LogP contribution is -2.25. The average molecular weight is 425 g/mol. The number of aromatic nitrogens is 2. The molecule has 4 rings (SSSR count). The van der Waals surface area contributed by atoms with Crippen LogP contribution in [0.1, 0.15) is 41.0 Å². The zero-order valence-electron chi connectivity index (χ0n) is 18.0. The van der Waals surface area contributed by atoms with E-state index in [0.717, 1.165) is 28.0 Å². The first kappa shape index (κ1) is 21.1. The summed E-state index contributed by atoms with van der Waals surface area (Å²) in [5.74, 6) is 0.441. The maximum absolute atomic E-state index is 13.2. The second-order valence-electron chi connectivity index (χ2n) is 7.88. The number of methoxy groups -OCH3 is 1. The van der Waals surface area contributed by atoms with E-state index in [1.165, 1.54) is 6.07 Å². The molecule has 0 saturated carbocycles. The molecule has 0 saturated heterocycles. The van der Waals surface area contributed by atoms with Gasteiger partial charge in [0.2, 0.25) is 0 Å². The number of hydrogen-bond donors (Lipinski definition) is 2. The first-order valence-corrected chi connectivity index (χ1v) is 10.3. The van der Waals surface area contributed by atoms with Crippen LogP contribution in [0.4, 0.5) is 0 Å². The number of fused-ring (bicyclic) bond motifs is 2. The molecule has 1 aromatic heterocycles. The Bertz CT molecular complexity index is 1090. The number of hydrogen-bond acceptors (Lipinski definition) is 6. The molecule has 1 aliphatic rings. The van der Waals surface area contributed by atoms with Crippen molar-refractivity contribution < 1.29 is 24.1 Å². The van der Waals surface area contributed by atoms with Gasteiger partial charge in [0.05, 0.1) is 36.1 Å². The number of nitrogens with one attached hydrogen (secondary N) is 1. The normalized spacial score (nSPS) is 13.2. The Labute approximate surface area is 180 Å². The standard InChI is InChI=1S/C23H27N3O5/c1-14(2)31-13-21-18-9-19(22(27)10-20(18)24-25-21)23(28)26-11-15-4-5-17(8-16(15)12-26)30-7-6-29-3/h4-5,8-10,14,27H,6-7,11-13H2,1-3H3,(H,24,25). The van der Waals surface area contributed by atoms with E-state index in [-0.39, 0.29) is 23.3 Å². The van der Waals surface area contributed by atoms with E-state index in [9.17, 15) is 9.90 Å². The van der Waals surface area contributed by atoms with Crippen molar-refractivity contribution in [2.24, 2.45) is 0 Å². The van der Waals surface area contributed by atoms with Crippen LogP contribution in [0.3, 0.4) is 0 Å². The number of nitrogens with zero attached hydrogens (tertiary/aromatic N) is 2. The van der Waals surface area contributed by atoms with Crippen molar-refractivity contribution in [3.8, 4) is 11.5 Å². The largest absolute Gasteiger partial charge is 0.507 e. The number of ether oxygens (including phenoxy) is 3. The van der Waals surface area contributed by atoms with Crippen LogP contribution in [0.2, 0.25) is 0 Å². The summed E-state index contributed by atoms with van der Waals surface area (Å²) in [6, 6.07) is 9.04. The molecule has 3 aromatic rings. The van der Waals surface area contributed by atoms with E-state index in [4.69, 9.17) is 14.2 Å². The van der Waals surface area contributed by atoms with E-state index in [1.807, 2.05) is 32.0 Å². The van der Waals surface area contributed by atoms with E-state index < -0.39 is 0 Å². The lowest BCUT2D eigenvalue weighted by Gasteiger charge is -2.16. The van der Waals surface area contributed by atoms with Gasteiger partial charge in [-0.3, -0.25) is 9.89 Å². The predicted molar refractivity (Wildman–Crippen MR) is 115 cm³/mol. The molecule has 8 heteroatoms.